The minimum absolute atomic E-state index is 0.288. The summed E-state index contributed by atoms with van der Waals surface area (Å²) in [7, 11) is 0. The molecule has 3 atom stereocenters. The summed E-state index contributed by atoms with van der Waals surface area (Å²) in [5.41, 5.74) is 1.47. The third kappa shape index (κ3) is 1.16. The standard InChI is InChI=1S/C14H23NO/c1-3-4-14-6-5-12(14,2)8-13(9-14)7-11(16)15-10-13/h3-10H2,1-2H3,(H,15,16)/t12?,13-,14+/m1/s1. The van der Waals surface area contributed by atoms with Gasteiger partial charge in [-0.05, 0) is 48.3 Å². The van der Waals surface area contributed by atoms with E-state index in [1.54, 1.807) is 0 Å². The minimum Gasteiger partial charge on any atom is -0.356 e. The molecular formula is C14H23NO. The van der Waals surface area contributed by atoms with Gasteiger partial charge in [-0.3, -0.25) is 4.79 Å². The van der Waals surface area contributed by atoms with Crippen molar-refractivity contribution < 1.29 is 4.79 Å². The summed E-state index contributed by atoms with van der Waals surface area (Å²) in [6.45, 7) is 5.73. The zero-order chi connectivity index (χ0) is 11.4. The molecule has 90 valence electrons. The Hall–Kier alpha value is -0.530. The molecule has 3 fully saturated rings. The van der Waals surface area contributed by atoms with Crippen LogP contribution in [0.15, 0.2) is 0 Å². The Morgan fingerprint density at radius 2 is 2.12 bits per heavy atom. The van der Waals surface area contributed by atoms with Gasteiger partial charge in [-0.1, -0.05) is 20.3 Å². The number of nitrogens with one attached hydrogen (secondary N) is 1. The Kier molecular flexibility index (Phi) is 2.01. The van der Waals surface area contributed by atoms with E-state index >= 15 is 0 Å². The molecular weight excluding hydrogens is 198 g/mol. The zero-order valence-corrected chi connectivity index (χ0v) is 10.6. The van der Waals surface area contributed by atoms with Crippen molar-refractivity contribution in [3.05, 3.63) is 0 Å². The minimum atomic E-state index is 0.288. The van der Waals surface area contributed by atoms with Gasteiger partial charge < -0.3 is 5.32 Å². The fraction of sp³-hybridized carbons (Fsp3) is 0.929. The monoisotopic (exact) mass is 221 g/mol. The number of hydrogen-bond acceptors (Lipinski definition) is 1. The van der Waals surface area contributed by atoms with E-state index in [-0.39, 0.29) is 5.91 Å². The second-order valence-electron chi connectivity index (χ2n) is 6.90. The molecule has 0 aromatic rings. The third-order valence-electron chi connectivity index (χ3n) is 5.84. The molecule has 0 aromatic heterocycles. The summed E-state index contributed by atoms with van der Waals surface area (Å²) >= 11 is 0. The smallest absolute Gasteiger partial charge is 0.220 e. The van der Waals surface area contributed by atoms with E-state index in [4.69, 9.17) is 0 Å². The predicted molar refractivity (Wildman–Crippen MR) is 64.0 cm³/mol. The molecule has 1 spiro atoms. The highest BCUT2D eigenvalue weighted by Gasteiger charge is 2.66. The van der Waals surface area contributed by atoms with Crippen molar-refractivity contribution in [1.29, 1.82) is 0 Å². The molecule has 3 aliphatic rings. The summed E-state index contributed by atoms with van der Waals surface area (Å²) in [5, 5.41) is 3.06. The fourth-order valence-electron chi connectivity index (χ4n) is 5.09. The summed E-state index contributed by atoms with van der Waals surface area (Å²) in [6, 6.07) is 0. The number of fused-ring (bicyclic) bond motifs is 1. The summed E-state index contributed by atoms with van der Waals surface area (Å²) in [5.74, 6) is 0.288. The van der Waals surface area contributed by atoms with Crippen molar-refractivity contribution >= 4 is 5.91 Å². The van der Waals surface area contributed by atoms with Gasteiger partial charge in [0.2, 0.25) is 5.91 Å². The molecule has 16 heavy (non-hydrogen) atoms. The normalized spacial score (nSPS) is 50.2. The molecule has 1 amide bonds. The van der Waals surface area contributed by atoms with Crippen molar-refractivity contribution in [2.75, 3.05) is 6.54 Å². The third-order valence-corrected chi connectivity index (χ3v) is 5.84. The summed E-state index contributed by atoms with van der Waals surface area (Å²) in [4.78, 5) is 11.5. The molecule has 2 heteroatoms. The summed E-state index contributed by atoms with van der Waals surface area (Å²) in [6.07, 6.45) is 8.87. The predicted octanol–water partition coefficient (Wildman–Crippen LogP) is 2.87. The SMILES string of the molecule is CCC[C@@]12CCC1(C)C[C@@]1(CNC(=O)C1)C2. The number of amides is 1. The lowest BCUT2D eigenvalue weighted by atomic mass is 9.50. The van der Waals surface area contributed by atoms with Crippen molar-refractivity contribution in [3.8, 4) is 0 Å². The zero-order valence-electron chi connectivity index (χ0n) is 10.6. The van der Waals surface area contributed by atoms with Crippen LogP contribution in [0.4, 0.5) is 0 Å². The lowest BCUT2D eigenvalue weighted by Gasteiger charge is -2.54. The van der Waals surface area contributed by atoms with Crippen LogP contribution >= 0.6 is 0 Å². The van der Waals surface area contributed by atoms with Gasteiger partial charge in [0.05, 0.1) is 0 Å². The average molecular weight is 221 g/mol. The highest BCUT2D eigenvalue weighted by molar-refractivity contribution is 5.79. The molecule has 1 unspecified atom stereocenters. The topological polar surface area (TPSA) is 29.1 Å². The van der Waals surface area contributed by atoms with Gasteiger partial charge in [0.15, 0.2) is 0 Å². The number of carbonyl (C=O) groups excluding carboxylic acids is 1. The van der Waals surface area contributed by atoms with Gasteiger partial charge in [-0.2, -0.15) is 0 Å². The van der Waals surface area contributed by atoms with Gasteiger partial charge in [-0.15, -0.1) is 0 Å². The van der Waals surface area contributed by atoms with Gasteiger partial charge in [-0.25, -0.2) is 0 Å². The van der Waals surface area contributed by atoms with E-state index in [1.165, 1.54) is 38.5 Å². The Bertz CT molecular complexity index is 340. The number of rotatable bonds is 2. The van der Waals surface area contributed by atoms with Crippen LogP contribution in [-0.2, 0) is 4.79 Å². The molecule has 1 saturated heterocycles. The van der Waals surface area contributed by atoms with Gasteiger partial charge in [0, 0.05) is 13.0 Å². The first kappa shape index (κ1) is 10.6. The van der Waals surface area contributed by atoms with Crippen molar-refractivity contribution in [2.24, 2.45) is 16.2 Å². The van der Waals surface area contributed by atoms with E-state index in [2.05, 4.69) is 19.2 Å². The van der Waals surface area contributed by atoms with E-state index in [9.17, 15) is 4.79 Å². The molecule has 1 N–H and O–H groups in total. The van der Waals surface area contributed by atoms with E-state index in [0.29, 0.717) is 16.2 Å². The second-order valence-corrected chi connectivity index (χ2v) is 6.90. The van der Waals surface area contributed by atoms with Crippen LogP contribution in [0.5, 0.6) is 0 Å². The largest absolute Gasteiger partial charge is 0.356 e. The number of carbonyl (C=O) groups is 1. The van der Waals surface area contributed by atoms with Gasteiger partial charge in [0.1, 0.15) is 0 Å². The van der Waals surface area contributed by atoms with Gasteiger partial charge >= 0.3 is 0 Å². The average Bonchev–Trinajstić information content (AvgIpc) is 2.63. The van der Waals surface area contributed by atoms with Crippen LogP contribution in [0.25, 0.3) is 0 Å². The fourth-order valence-corrected chi connectivity index (χ4v) is 5.09. The maximum Gasteiger partial charge on any atom is 0.220 e. The molecule has 2 nitrogen and oxygen atoms in total. The Labute approximate surface area is 98.2 Å². The van der Waals surface area contributed by atoms with Crippen LogP contribution in [0.2, 0.25) is 0 Å². The maximum absolute atomic E-state index is 11.5. The van der Waals surface area contributed by atoms with Crippen LogP contribution < -0.4 is 5.32 Å². The van der Waals surface area contributed by atoms with Crippen LogP contribution in [-0.4, -0.2) is 12.5 Å². The molecule has 3 rings (SSSR count). The molecule has 0 radical (unpaired) electrons. The van der Waals surface area contributed by atoms with Crippen LogP contribution in [0.1, 0.15) is 58.8 Å². The van der Waals surface area contributed by atoms with Crippen molar-refractivity contribution in [2.45, 2.75) is 58.8 Å². The first-order valence-electron chi connectivity index (χ1n) is 6.80. The highest BCUT2D eigenvalue weighted by Crippen LogP contribution is 2.74. The highest BCUT2D eigenvalue weighted by atomic mass is 16.1. The lowest BCUT2D eigenvalue weighted by Crippen LogP contribution is -2.44. The summed E-state index contributed by atoms with van der Waals surface area (Å²) < 4.78 is 0. The maximum atomic E-state index is 11.5. The van der Waals surface area contributed by atoms with Crippen LogP contribution in [0, 0.1) is 16.2 Å². The molecule has 1 aliphatic heterocycles. The van der Waals surface area contributed by atoms with Crippen molar-refractivity contribution in [1.82, 2.24) is 5.32 Å². The van der Waals surface area contributed by atoms with E-state index in [0.717, 1.165) is 13.0 Å². The van der Waals surface area contributed by atoms with Crippen LogP contribution in [0.3, 0.4) is 0 Å². The Balaban J connectivity index is 1.86. The molecule has 0 aromatic carbocycles. The molecule has 2 aliphatic carbocycles. The Morgan fingerprint density at radius 3 is 2.62 bits per heavy atom. The Morgan fingerprint density at radius 1 is 1.31 bits per heavy atom. The first-order chi connectivity index (χ1) is 7.53. The number of hydrogen-bond donors (Lipinski definition) is 1. The van der Waals surface area contributed by atoms with E-state index in [1.807, 2.05) is 0 Å². The van der Waals surface area contributed by atoms with Gasteiger partial charge in [0.25, 0.3) is 0 Å². The first-order valence-corrected chi connectivity index (χ1v) is 6.80. The quantitative estimate of drug-likeness (QED) is 0.763. The van der Waals surface area contributed by atoms with E-state index < -0.39 is 0 Å². The second kappa shape index (κ2) is 3.02. The molecule has 1 heterocycles. The lowest BCUT2D eigenvalue weighted by molar-refractivity contribution is -0.119. The molecule has 0 bridgehead atoms. The molecule has 2 saturated carbocycles. The van der Waals surface area contributed by atoms with Crippen molar-refractivity contribution in [3.63, 3.8) is 0 Å².